The van der Waals surface area contributed by atoms with Gasteiger partial charge >= 0.3 is 0 Å². The third-order valence-corrected chi connectivity index (χ3v) is 1.24. The number of aromatic nitrogens is 1. The molecule has 0 aromatic carbocycles. The van der Waals surface area contributed by atoms with E-state index >= 15 is 0 Å². The van der Waals surface area contributed by atoms with Crippen molar-refractivity contribution < 1.29 is 0 Å². The summed E-state index contributed by atoms with van der Waals surface area (Å²) in [7, 11) is 1.84. The Kier molecular flexibility index (Phi) is 1.90. The summed E-state index contributed by atoms with van der Waals surface area (Å²) in [4.78, 5) is 3.85. The van der Waals surface area contributed by atoms with Crippen LogP contribution < -0.4 is 5.32 Å². The van der Waals surface area contributed by atoms with E-state index in [4.69, 9.17) is 11.6 Å². The molecule has 0 atom stereocenters. The lowest BCUT2D eigenvalue weighted by Crippen LogP contribution is -1.87. The Hall–Kier alpha value is -0.760. The summed E-state index contributed by atoms with van der Waals surface area (Å²) in [5.41, 5.74) is 0.972. The van der Waals surface area contributed by atoms with Gasteiger partial charge in [0.15, 0.2) is 0 Å². The molecule has 0 aliphatic carbocycles. The third kappa shape index (κ3) is 1.57. The van der Waals surface area contributed by atoms with Gasteiger partial charge in [0.25, 0.3) is 0 Å². The first kappa shape index (κ1) is 6.36. The molecule has 2 nitrogen and oxygen atoms in total. The fraction of sp³-hybridized carbons (Fsp3) is 0.167. The fourth-order valence-corrected chi connectivity index (χ4v) is 0.635. The molecule has 0 spiro atoms. The van der Waals surface area contributed by atoms with E-state index in [0.29, 0.717) is 5.15 Å². The summed E-state index contributed by atoms with van der Waals surface area (Å²) >= 11 is 5.53. The summed E-state index contributed by atoms with van der Waals surface area (Å²) < 4.78 is 0. The maximum atomic E-state index is 5.53. The number of anilines is 1. The molecule has 0 saturated heterocycles. The molecule has 1 aromatic heterocycles. The Labute approximate surface area is 58.9 Å². The summed E-state index contributed by atoms with van der Waals surface area (Å²) in [6.45, 7) is 0. The van der Waals surface area contributed by atoms with E-state index in [1.807, 2.05) is 13.1 Å². The highest BCUT2D eigenvalue weighted by Gasteiger charge is 1.86. The highest BCUT2D eigenvalue weighted by molar-refractivity contribution is 6.29. The molecule has 0 unspecified atom stereocenters. The zero-order valence-corrected chi connectivity index (χ0v) is 5.81. The molecule has 9 heavy (non-hydrogen) atoms. The van der Waals surface area contributed by atoms with Crippen LogP contribution in [0.25, 0.3) is 0 Å². The van der Waals surface area contributed by atoms with E-state index < -0.39 is 0 Å². The van der Waals surface area contributed by atoms with Crippen LogP contribution in [-0.4, -0.2) is 12.0 Å². The van der Waals surface area contributed by atoms with Gasteiger partial charge in [-0.15, -0.1) is 0 Å². The van der Waals surface area contributed by atoms with Crippen LogP contribution >= 0.6 is 11.6 Å². The van der Waals surface area contributed by atoms with Gasteiger partial charge in [-0.2, -0.15) is 0 Å². The Morgan fingerprint density at radius 3 is 2.78 bits per heavy atom. The van der Waals surface area contributed by atoms with Gasteiger partial charge in [-0.3, -0.25) is 0 Å². The fourth-order valence-electron chi connectivity index (χ4n) is 0.524. The van der Waals surface area contributed by atoms with Crippen LogP contribution in [0.5, 0.6) is 0 Å². The van der Waals surface area contributed by atoms with Crippen molar-refractivity contribution in [1.82, 2.24) is 4.98 Å². The number of halogens is 1. The second-order valence-corrected chi connectivity index (χ2v) is 2.01. The van der Waals surface area contributed by atoms with E-state index in [1.54, 1.807) is 12.3 Å². The first-order valence-corrected chi connectivity index (χ1v) is 3.00. The molecule has 0 aliphatic rings. The van der Waals surface area contributed by atoms with Crippen molar-refractivity contribution >= 4 is 17.3 Å². The van der Waals surface area contributed by atoms with Crippen molar-refractivity contribution in [1.29, 1.82) is 0 Å². The highest BCUT2D eigenvalue weighted by atomic mass is 35.5. The molecule has 48 valence electrons. The molecule has 1 N–H and O–H groups in total. The third-order valence-electron chi connectivity index (χ3n) is 1.02. The van der Waals surface area contributed by atoms with Crippen molar-refractivity contribution in [3.05, 3.63) is 23.5 Å². The SMILES string of the molecule is CNc1ccc(Cl)nc1. The maximum Gasteiger partial charge on any atom is 0.129 e. The molecule has 3 heteroatoms. The van der Waals surface area contributed by atoms with Crippen LogP contribution in [0.1, 0.15) is 0 Å². The number of pyridine rings is 1. The smallest absolute Gasteiger partial charge is 0.129 e. The monoisotopic (exact) mass is 142 g/mol. The van der Waals surface area contributed by atoms with Crippen molar-refractivity contribution in [2.24, 2.45) is 0 Å². The first-order valence-electron chi connectivity index (χ1n) is 2.62. The minimum absolute atomic E-state index is 0.522. The summed E-state index contributed by atoms with van der Waals surface area (Å²) in [5, 5.41) is 3.46. The van der Waals surface area contributed by atoms with Crippen LogP contribution in [-0.2, 0) is 0 Å². The summed E-state index contributed by atoms with van der Waals surface area (Å²) in [6.07, 6.45) is 1.68. The lowest BCUT2D eigenvalue weighted by Gasteiger charge is -1.95. The number of rotatable bonds is 1. The van der Waals surface area contributed by atoms with Crippen molar-refractivity contribution in [2.75, 3.05) is 12.4 Å². The van der Waals surface area contributed by atoms with Gasteiger partial charge in [-0.25, -0.2) is 4.98 Å². The van der Waals surface area contributed by atoms with Crippen molar-refractivity contribution in [2.45, 2.75) is 0 Å². The number of hydrogen-bond donors (Lipinski definition) is 1. The van der Waals surface area contributed by atoms with Crippen LogP contribution in [0.15, 0.2) is 18.3 Å². The lowest BCUT2D eigenvalue weighted by molar-refractivity contribution is 1.31. The maximum absolute atomic E-state index is 5.53. The Morgan fingerprint density at radius 2 is 2.33 bits per heavy atom. The molecule has 0 fully saturated rings. The predicted octanol–water partition coefficient (Wildman–Crippen LogP) is 1.78. The molecular weight excluding hydrogens is 136 g/mol. The minimum Gasteiger partial charge on any atom is -0.387 e. The molecular formula is C6H7ClN2. The minimum atomic E-state index is 0.522. The molecule has 1 rings (SSSR count). The van der Waals surface area contributed by atoms with E-state index in [0.717, 1.165) is 5.69 Å². The van der Waals surface area contributed by atoms with Gasteiger partial charge < -0.3 is 5.32 Å². The molecule has 0 aliphatic heterocycles. The number of hydrogen-bond acceptors (Lipinski definition) is 2. The van der Waals surface area contributed by atoms with Gasteiger partial charge in [-0.1, -0.05) is 11.6 Å². The average Bonchev–Trinajstić information content (AvgIpc) is 1.90. The van der Waals surface area contributed by atoms with E-state index in [2.05, 4.69) is 10.3 Å². The molecule has 0 radical (unpaired) electrons. The highest BCUT2D eigenvalue weighted by Crippen LogP contribution is 2.07. The standard InChI is InChI=1S/C6H7ClN2/c1-8-5-2-3-6(7)9-4-5/h2-4,8H,1H3. The number of nitrogens with zero attached hydrogens (tertiary/aromatic N) is 1. The lowest BCUT2D eigenvalue weighted by atomic mass is 10.4. The van der Waals surface area contributed by atoms with Crippen molar-refractivity contribution in [3.8, 4) is 0 Å². The van der Waals surface area contributed by atoms with Crippen molar-refractivity contribution in [3.63, 3.8) is 0 Å². The average molecular weight is 143 g/mol. The Morgan fingerprint density at radius 1 is 1.56 bits per heavy atom. The topological polar surface area (TPSA) is 24.9 Å². The normalized spacial score (nSPS) is 9.11. The second-order valence-electron chi connectivity index (χ2n) is 1.62. The van der Waals surface area contributed by atoms with Crippen LogP contribution in [0.2, 0.25) is 5.15 Å². The molecule has 0 amide bonds. The number of nitrogens with one attached hydrogen (secondary N) is 1. The predicted molar refractivity (Wildman–Crippen MR) is 38.8 cm³/mol. The first-order chi connectivity index (χ1) is 4.33. The van der Waals surface area contributed by atoms with Gasteiger partial charge in [0.1, 0.15) is 5.15 Å². The zero-order valence-electron chi connectivity index (χ0n) is 5.06. The molecule has 0 bridgehead atoms. The van der Waals surface area contributed by atoms with Gasteiger partial charge in [0.05, 0.1) is 11.9 Å². The second kappa shape index (κ2) is 2.69. The van der Waals surface area contributed by atoms with Crippen LogP contribution in [0, 0.1) is 0 Å². The Balaban J connectivity index is 2.88. The van der Waals surface area contributed by atoms with Gasteiger partial charge in [0.2, 0.25) is 0 Å². The van der Waals surface area contributed by atoms with Gasteiger partial charge in [0, 0.05) is 7.05 Å². The summed E-state index contributed by atoms with van der Waals surface area (Å²) in [6, 6.07) is 3.61. The van der Waals surface area contributed by atoms with Gasteiger partial charge in [-0.05, 0) is 12.1 Å². The molecule has 0 saturated carbocycles. The van der Waals surface area contributed by atoms with E-state index in [9.17, 15) is 0 Å². The molecule has 1 heterocycles. The van der Waals surface area contributed by atoms with Crippen LogP contribution in [0.4, 0.5) is 5.69 Å². The largest absolute Gasteiger partial charge is 0.387 e. The van der Waals surface area contributed by atoms with E-state index in [-0.39, 0.29) is 0 Å². The van der Waals surface area contributed by atoms with Crippen LogP contribution in [0.3, 0.4) is 0 Å². The molecule has 1 aromatic rings. The zero-order chi connectivity index (χ0) is 6.69. The van der Waals surface area contributed by atoms with E-state index in [1.165, 1.54) is 0 Å². The Bertz CT molecular complexity index is 183. The summed E-state index contributed by atoms with van der Waals surface area (Å²) in [5.74, 6) is 0. The quantitative estimate of drug-likeness (QED) is 0.605.